The fraction of sp³-hybridized carbons (Fsp3) is 0.286. The molecule has 0 fully saturated rings. The summed E-state index contributed by atoms with van der Waals surface area (Å²) in [6.07, 6.45) is 7.11. The number of nitrogens with zero attached hydrogens (tertiary/aromatic N) is 4. The van der Waals surface area contributed by atoms with Crippen molar-refractivity contribution in [2.75, 3.05) is 13.1 Å². The second-order valence-electron chi connectivity index (χ2n) is 6.45. The Labute approximate surface area is 199 Å². The summed E-state index contributed by atoms with van der Waals surface area (Å²) in [6, 6.07) is 11.3. The van der Waals surface area contributed by atoms with Crippen LogP contribution in [0.25, 0.3) is 5.82 Å². The maximum atomic E-state index is 5.91. The molecule has 0 aliphatic heterocycles. The number of ether oxygens (including phenoxy) is 1. The number of pyridine rings is 1. The molecule has 0 spiro atoms. The van der Waals surface area contributed by atoms with Crippen molar-refractivity contribution in [3.63, 3.8) is 0 Å². The Hall–Kier alpha value is -2.33. The van der Waals surface area contributed by atoms with E-state index in [4.69, 9.17) is 16.3 Å². The van der Waals surface area contributed by atoms with E-state index in [2.05, 4.69) is 25.6 Å². The van der Waals surface area contributed by atoms with Crippen molar-refractivity contribution >= 4 is 41.5 Å². The van der Waals surface area contributed by atoms with E-state index in [1.165, 1.54) is 0 Å². The van der Waals surface area contributed by atoms with Crippen LogP contribution < -0.4 is 15.4 Å². The van der Waals surface area contributed by atoms with Crippen LogP contribution in [0.5, 0.6) is 5.75 Å². The molecule has 0 radical (unpaired) electrons. The number of aliphatic imine (C=N–C) groups is 1. The molecule has 0 saturated heterocycles. The lowest BCUT2D eigenvalue weighted by atomic mass is 10.3. The molecule has 0 bridgehead atoms. The van der Waals surface area contributed by atoms with Crippen molar-refractivity contribution in [2.45, 2.75) is 26.5 Å². The number of halogens is 2. The van der Waals surface area contributed by atoms with Crippen LogP contribution in [0.4, 0.5) is 0 Å². The van der Waals surface area contributed by atoms with Gasteiger partial charge in [-0.15, -0.1) is 24.0 Å². The lowest BCUT2D eigenvalue weighted by Gasteiger charge is -2.17. The van der Waals surface area contributed by atoms with Gasteiger partial charge < -0.3 is 15.4 Å². The molecule has 2 aromatic heterocycles. The average molecular weight is 541 g/mol. The zero-order valence-electron chi connectivity index (χ0n) is 17.0. The molecule has 0 aliphatic rings. The maximum absolute atomic E-state index is 5.91. The van der Waals surface area contributed by atoms with Crippen LogP contribution in [0.3, 0.4) is 0 Å². The van der Waals surface area contributed by atoms with Crippen LogP contribution in [0.15, 0.2) is 66.3 Å². The molecule has 0 aliphatic carbocycles. The molecule has 9 heteroatoms. The van der Waals surface area contributed by atoms with Gasteiger partial charge in [0.15, 0.2) is 5.96 Å². The minimum atomic E-state index is -0.0313. The Morgan fingerprint density at radius 3 is 2.63 bits per heavy atom. The summed E-state index contributed by atoms with van der Waals surface area (Å²) in [5.74, 6) is 2.35. The smallest absolute Gasteiger partial charge is 0.191 e. The average Bonchev–Trinajstić information content (AvgIpc) is 3.27. The highest BCUT2D eigenvalue weighted by atomic mass is 127. The largest absolute Gasteiger partial charge is 0.489 e. The van der Waals surface area contributed by atoms with E-state index >= 15 is 0 Å². The van der Waals surface area contributed by atoms with Gasteiger partial charge >= 0.3 is 0 Å². The molecular formula is C21H26ClIN6O. The van der Waals surface area contributed by atoms with E-state index in [0.29, 0.717) is 18.1 Å². The van der Waals surface area contributed by atoms with Crippen molar-refractivity contribution in [2.24, 2.45) is 4.99 Å². The van der Waals surface area contributed by atoms with Crippen molar-refractivity contribution in [3.05, 3.63) is 71.9 Å². The number of benzene rings is 1. The minimum absolute atomic E-state index is 0. The summed E-state index contributed by atoms with van der Waals surface area (Å²) in [5.41, 5.74) is 1.02. The molecule has 2 N–H and O–H groups in total. The van der Waals surface area contributed by atoms with Crippen molar-refractivity contribution in [1.82, 2.24) is 25.2 Å². The zero-order valence-corrected chi connectivity index (χ0v) is 20.0. The topological polar surface area (TPSA) is 76.4 Å². The molecule has 7 nitrogen and oxygen atoms in total. The number of guanidine groups is 1. The molecule has 3 rings (SSSR count). The molecule has 0 saturated carbocycles. The van der Waals surface area contributed by atoms with Gasteiger partial charge in [0.1, 0.15) is 24.0 Å². The van der Waals surface area contributed by atoms with E-state index < -0.39 is 0 Å². The summed E-state index contributed by atoms with van der Waals surface area (Å²) < 4.78 is 7.75. The van der Waals surface area contributed by atoms with E-state index in [0.717, 1.165) is 29.6 Å². The Bertz CT molecular complexity index is 900. The molecular weight excluding hydrogens is 515 g/mol. The molecule has 160 valence electrons. The molecule has 3 aromatic rings. The third-order valence-corrected chi connectivity index (χ3v) is 4.30. The standard InChI is InChI=1S/C21H25ClN6O.HI/c1-3-24-21(26-12-16(2)29-19-7-5-18(22)6-8-19)27-14-17-4-9-20(25-13-17)28-11-10-23-15-28;/h4-11,13,15-16H,3,12,14H2,1-2H3,(H2,24,26,27);1H. The fourth-order valence-electron chi connectivity index (χ4n) is 2.60. The summed E-state index contributed by atoms with van der Waals surface area (Å²) in [4.78, 5) is 13.1. The first kappa shape index (κ1) is 23.9. The normalized spacial score (nSPS) is 12.0. The third kappa shape index (κ3) is 7.49. The van der Waals surface area contributed by atoms with Gasteiger partial charge in [-0.25, -0.2) is 15.0 Å². The highest BCUT2D eigenvalue weighted by Gasteiger charge is 2.06. The molecule has 1 atom stereocenters. The van der Waals surface area contributed by atoms with Crippen molar-refractivity contribution in [3.8, 4) is 11.6 Å². The second-order valence-corrected chi connectivity index (χ2v) is 6.89. The number of imidazole rings is 1. The van der Waals surface area contributed by atoms with E-state index in [1.807, 2.05) is 67.2 Å². The first-order chi connectivity index (χ1) is 14.1. The number of rotatable bonds is 8. The van der Waals surface area contributed by atoms with Crippen LogP contribution in [0.2, 0.25) is 5.02 Å². The van der Waals surface area contributed by atoms with E-state index in [9.17, 15) is 0 Å². The van der Waals surface area contributed by atoms with Crippen LogP contribution >= 0.6 is 35.6 Å². The highest BCUT2D eigenvalue weighted by molar-refractivity contribution is 14.0. The van der Waals surface area contributed by atoms with Gasteiger partial charge in [-0.2, -0.15) is 0 Å². The van der Waals surface area contributed by atoms with Gasteiger partial charge in [0.2, 0.25) is 0 Å². The molecule has 30 heavy (non-hydrogen) atoms. The first-order valence-electron chi connectivity index (χ1n) is 9.51. The van der Waals surface area contributed by atoms with E-state index in [1.54, 1.807) is 12.5 Å². The van der Waals surface area contributed by atoms with Gasteiger partial charge in [0.05, 0.1) is 13.1 Å². The van der Waals surface area contributed by atoms with Gasteiger partial charge in [0, 0.05) is 30.2 Å². The second kappa shape index (κ2) is 12.4. The highest BCUT2D eigenvalue weighted by Crippen LogP contribution is 2.16. The van der Waals surface area contributed by atoms with E-state index in [-0.39, 0.29) is 30.1 Å². The first-order valence-corrected chi connectivity index (χ1v) is 9.89. The number of nitrogens with one attached hydrogen (secondary N) is 2. The van der Waals surface area contributed by atoms with Crippen molar-refractivity contribution in [1.29, 1.82) is 0 Å². The molecule has 1 unspecified atom stereocenters. The summed E-state index contributed by atoms with van der Waals surface area (Å²) in [5, 5.41) is 7.25. The number of hydrogen-bond acceptors (Lipinski definition) is 4. The predicted octanol–water partition coefficient (Wildman–Crippen LogP) is 4.06. The summed E-state index contributed by atoms with van der Waals surface area (Å²) >= 11 is 5.91. The van der Waals surface area contributed by atoms with Crippen LogP contribution in [0.1, 0.15) is 19.4 Å². The number of hydrogen-bond donors (Lipinski definition) is 2. The quantitative estimate of drug-likeness (QED) is 0.256. The summed E-state index contributed by atoms with van der Waals surface area (Å²) in [6.45, 7) is 5.96. The van der Waals surface area contributed by atoms with Crippen LogP contribution in [-0.2, 0) is 6.54 Å². The monoisotopic (exact) mass is 540 g/mol. The Morgan fingerprint density at radius 1 is 1.20 bits per heavy atom. The lowest BCUT2D eigenvalue weighted by molar-refractivity contribution is 0.224. The zero-order chi connectivity index (χ0) is 20.5. The SMILES string of the molecule is CCNC(=NCc1ccc(-n2ccnc2)nc1)NCC(C)Oc1ccc(Cl)cc1.I. The molecule has 1 aromatic carbocycles. The number of aromatic nitrogens is 3. The Kier molecular flexibility index (Phi) is 9.88. The Balaban J connectivity index is 0.00000320. The molecule has 0 amide bonds. The van der Waals surface area contributed by atoms with Gasteiger partial charge in [-0.3, -0.25) is 4.57 Å². The Morgan fingerprint density at radius 2 is 2.00 bits per heavy atom. The predicted molar refractivity (Wildman–Crippen MR) is 131 cm³/mol. The third-order valence-electron chi connectivity index (χ3n) is 4.05. The summed E-state index contributed by atoms with van der Waals surface area (Å²) in [7, 11) is 0. The maximum Gasteiger partial charge on any atom is 0.191 e. The fourth-order valence-corrected chi connectivity index (χ4v) is 2.72. The van der Waals surface area contributed by atoms with Crippen molar-refractivity contribution < 1.29 is 4.74 Å². The van der Waals surface area contributed by atoms with Gasteiger partial charge in [0.25, 0.3) is 0 Å². The van der Waals surface area contributed by atoms with Crippen LogP contribution in [-0.4, -0.2) is 39.7 Å². The molecule has 2 heterocycles. The minimum Gasteiger partial charge on any atom is -0.489 e. The van der Waals surface area contributed by atoms with Crippen LogP contribution in [0, 0.1) is 0 Å². The van der Waals surface area contributed by atoms with Gasteiger partial charge in [-0.1, -0.05) is 17.7 Å². The van der Waals surface area contributed by atoms with Gasteiger partial charge in [-0.05, 0) is 49.7 Å². The lowest BCUT2D eigenvalue weighted by Crippen LogP contribution is -2.41.